The number of likely N-dealkylation sites (N-methyl/N-ethyl adjacent to an activating group) is 1. The molecule has 0 atom stereocenters. The van der Waals surface area contributed by atoms with Gasteiger partial charge in [0.15, 0.2) is 0 Å². The largest absolute Gasteiger partial charge is 0.351 e. The van der Waals surface area contributed by atoms with Crippen LogP contribution in [0.4, 0.5) is 0 Å². The third kappa shape index (κ3) is 5.63. The first-order valence-electron chi connectivity index (χ1n) is 10.9. The van der Waals surface area contributed by atoms with Crippen LogP contribution in [0.25, 0.3) is 10.9 Å². The second kappa shape index (κ2) is 10.6. The zero-order chi connectivity index (χ0) is 21.6. The fourth-order valence-electron chi connectivity index (χ4n) is 3.92. The van der Waals surface area contributed by atoms with Crippen LogP contribution in [0, 0.1) is 0 Å². The highest BCUT2D eigenvalue weighted by atomic mass is 35.5. The first-order chi connectivity index (χ1) is 15.1. The quantitative estimate of drug-likeness (QED) is 0.481. The van der Waals surface area contributed by atoms with Crippen molar-refractivity contribution in [3.63, 3.8) is 0 Å². The number of hydrogen-bond donors (Lipinski definition) is 2. The summed E-state index contributed by atoms with van der Waals surface area (Å²) in [6.07, 6.45) is 0.956. The van der Waals surface area contributed by atoms with E-state index >= 15 is 0 Å². The zero-order valence-corrected chi connectivity index (χ0v) is 19.4. The third-order valence-electron chi connectivity index (χ3n) is 5.77. The Morgan fingerprint density at radius 3 is 2.52 bits per heavy atom. The highest BCUT2D eigenvalue weighted by Crippen LogP contribution is 2.37. The van der Waals surface area contributed by atoms with Gasteiger partial charge in [0.05, 0.1) is 4.90 Å². The monoisotopic (exact) mass is 456 g/mol. The Balaban J connectivity index is 1.39. The van der Waals surface area contributed by atoms with Gasteiger partial charge in [-0.15, -0.1) is 0 Å². The average Bonchev–Trinajstić information content (AvgIpc) is 3.17. The second-order valence-corrected chi connectivity index (χ2v) is 9.34. The van der Waals surface area contributed by atoms with Gasteiger partial charge in [-0.05, 0) is 49.8 Å². The summed E-state index contributed by atoms with van der Waals surface area (Å²) >= 11 is 7.61. The van der Waals surface area contributed by atoms with E-state index in [2.05, 4.69) is 33.1 Å². The molecule has 1 aromatic heterocycles. The fraction of sp³-hybridized carbons (Fsp3) is 0.375. The smallest absolute Gasteiger partial charge is 0.268 e. The fourth-order valence-corrected chi connectivity index (χ4v) is 5.09. The standard InChI is InChI=1S/C24H29ClN4OS/c1-2-28-14-16-29(17-15-28)13-5-12-26-24(30)22-23(20-6-3-4-7-21(20)27-22)31-19-10-8-18(25)9-11-19/h3-4,6-11,27H,2,5,12-17H2,1H3,(H,26,30). The molecular weight excluding hydrogens is 428 g/mol. The normalized spacial score (nSPS) is 15.4. The van der Waals surface area contributed by atoms with Crippen LogP contribution in [0.3, 0.4) is 0 Å². The minimum absolute atomic E-state index is 0.0523. The Labute approximate surface area is 193 Å². The first kappa shape index (κ1) is 22.2. The summed E-state index contributed by atoms with van der Waals surface area (Å²) < 4.78 is 0. The number of aromatic nitrogens is 1. The van der Waals surface area contributed by atoms with Crippen LogP contribution in [0.15, 0.2) is 58.3 Å². The van der Waals surface area contributed by atoms with Crippen LogP contribution >= 0.6 is 23.4 Å². The number of benzene rings is 2. The number of nitrogens with zero attached hydrogens (tertiary/aromatic N) is 2. The van der Waals surface area contributed by atoms with E-state index in [0.717, 1.165) is 66.4 Å². The number of piperazine rings is 1. The maximum Gasteiger partial charge on any atom is 0.268 e. The third-order valence-corrected chi connectivity index (χ3v) is 7.16. The van der Waals surface area contributed by atoms with E-state index in [1.54, 1.807) is 11.8 Å². The van der Waals surface area contributed by atoms with Gasteiger partial charge in [0.1, 0.15) is 5.69 Å². The molecule has 1 fully saturated rings. The lowest BCUT2D eigenvalue weighted by molar-refractivity contribution is 0.0941. The summed E-state index contributed by atoms with van der Waals surface area (Å²) in [6.45, 7) is 9.56. The van der Waals surface area contributed by atoms with Gasteiger partial charge in [-0.1, -0.05) is 48.5 Å². The van der Waals surface area contributed by atoms with Crippen molar-refractivity contribution in [2.45, 2.75) is 23.1 Å². The lowest BCUT2D eigenvalue weighted by atomic mass is 10.2. The number of amides is 1. The summed E-state index contributed by atoms with van der Waals surface area (Å²) in [4.78, 5) is 23.3. The maximum absolute atomic E-state index is 13.0. The van der Waals surface area contributed by atoms with Crippen molar-refractivity contribution in [1.82, 2.24) is 20.1 Å². The molecule has 2 N–H and O–H groups in total. The lowest BCUT2D eigenvalue weighted by Crippen LogP contribution is -2.46. The van der Waals surface area contributed by atoms with Crippen molar-refractivity contribution in [3.05, 3.63) is 59.2 Å². The molecule has 0 aliphatic carbocycles. The molecule has 1 aliphatic heterocycles. The Bertz CT molecular complexity index is 1010. The first-order valence-corrected chi connectivity index (χ1v) is 12.1. The summed E-state index contributed by atoms with van der Waals surface area (Å²) in [5.74, 6) is -0.0523. The van der Waals surface area contributed by atoms with E-state index in [0.29, 0.717) is 17.3 Å². The molecule has 7 heteroatoms. The minimum Gasteiger partial charge on any atom is -0.351 e. The Kier molecular flexibility index (Phi) is 7.56. The van der Waals surface area contributed by atoms with Crippen LogP contribution in [-0.4, -0.2) is 66.5 Å². The van der Waals surface area contributed by atoms with Gasteiger partial charge < -0.3 is 20.1 Å². The zero-order valence-electron chi connectivity index (χ0n) is 17.9. The average molecular weight is 457 g/mol. The predicted octanol–water partition coefficient (Wildman–Crippen LogP) is 4.73. The van der Waals surface area contributed by atoms with Crippen LogP contribution < -0.4 is 5.32 Å². The highest BCUT2D eigenvalue weighted by Gasteiger charge is 2.19. The predicted molar refractivity (Wildman–Crippen MR) is 129 cm³/mol. The van der Waals surface area contributed by atoms with Crippen LogP contribution in [0.2, 0.25) is 5.02 Å². The number of aromatic amines is 1. The van der Waals surface area contributed by atoms with Crippen LogP contribution in [0.1, 0.15) is 23.8 Å². The van der Waals surface area contributed by atoms with Gasteiger partial charge in [0.25, 0.3) is 5.91 Å². The molecule has 0 spiro atoms. The molecule has 1 aliphatic rings. The number of halogens is 1. The second-order valence-electron chi connectivity index (χ2n) is 7.82. The number of rotatable bonds is 8. The van der Waals surface area contributed by atoms with Crippen molar-refractivity contribution in [2.24, 2.45) is 0 Å². The van der Waals surface area contributed by atoms with Gasteiger partial charge in [0.2, 0.25) is 0 Å². The van der Waals surface area contributed by atoms with Crippen molar-refractivity contribution in [2.75, 3.05) is 45.8 Å². The van der Waals surface area contributed by atoms with E-state index < -0.39 is 0 Å². The topological polar surface area (TPSA) is 51.4 Å². The molecule has 0 radical (unpaired) electrons. The Morgan fingerprint density at radius 2 is 1.77 bits per heavy atom. The Morgan fingerprint density at radius 1 is 1.06 bits per heavy atom. The molecule has 0 saturated carbocycles. The van der Waals surface area contributed by atoms with Crippen molar-refractivity contribution >= 4 is 40.2 Å². The number of para-hydroxylation sites is 1. The molecule has 1 amide bonds. The summed E-state index contributed by atoms with van der Waals surface area (Å²) in [5.41, 5.74) is 1.59. The Hall–Kier alpha value is -1.99. The van der Waals surface area contributed by atoms with Crippen molar-refractivity contribution in [1.29, 1.82) is 0 Å². The van der Waals surface area contributed by atoms with Gasteiger partial charge in [0, 0.05) is 53.5 Å². The van der Waals surface area contributed by atoms with E-state index in [4.69, 9.17) is 11.6 Å². The summed E-state index contributed by atoms with van der Waals surface area (Å²) in [5, 5.41) is 4.88. The summed E-state index contributed by atoms with van der Waals surface area (Å²) in [7, 11) is 0. The molecule has 5 nitrogen and oxygen atoms in total. The van der Waals surface area contributed by atoms with E-state index in [1.165, 1.54) is 0 Å². The molecule has 4 rings (SSSR count). The van der Waals surface area contributed by atoms with Crippen LogP contribution in [-0.2, 0) is 0 Å². The molecule has 2 heterocycles. The number of H-pyrrole nitrogens is 1. The number of carbonyl (C=O) groups excluding carboxylic acids is 1. The molecule has 2 aromatic carbocycles. The van der Waals surface area contributed by atoms with Crippen LogP contribution in [0.5, 0.6) is 0 Å². The van der Waals surface area contributed by atoms with Crippen molar-refractivity contribution in [3.8, 4) is 0 Å². The lowest BCUT2D eigenvalue weighted by Gasteiger charge is -2.33. The molecule has 164 valence electrons. The molecule has 0 bridgehead atoms. The van der Waals surface area contributed by atoms with Gasteiger partial charge in [-0.2, -0.15) is 0 Å². The van der Waals surface area contributed by atoms with E-state index in [1.807, 2.05) is 42.5 Å². The molecule has 3 aromatic rings. The van der Waals surface area contributed by atoms with Gasteiger partial charge in [-0.25, -0.2) is 0 Å². The number of nitrogens with one attached hydrogen (secondary N) is 2. The van der Waals surface area contributed by atoms with E-state index in [-0.39, 0.29) is 5.91 Å². The molecule has 0 unspecified atom stereocenters. The number of hydrogen-bond acceptors (Lipinski definition) is 4. The van der Waals surface area contributed by atoms with Crippen molar-refractivity contribution < 1.29 is 4.79 Å². The minimum atomic E-state index is -0.0523. The SMILES string of the molecule is CCN1CCN(CCCNC(=O)c2[nH]c3ccccc3c2Sc2ccc(Cl)cc2)CC1. The maximum atomic E-state index is 13.0. The summed E-state index contributed by atoms with van der Waals surface area (Å²) in [6, 6.07) is 15.8. The van der Waals surface area contributed by atoms with Gasteiger partial charge >= 0.3 is 0 Å². The number of carbonyl (C=O) groups is 1. The molecular formula is C24H29ClN4OS. The molecule has 31 heavy (non-hydrogen) atoms. The molecule has 1 saturated heterocycles. The number of fused-ring (bicyclic) bond motifs is 1. The highest BCUT2D eigenvalue weighted by molar-refractivity contribution is 7.99. The van der Waals surface area contributed by atoms with Gasteiger partial charge in [-0.3, -0.25) is 4.79 Å². The van der Waals surface area contributed by atoms with E-state index in [9.17, 15) is 4.79 Å².